The molecule has 2 aromatic heterocycles. The Kier molecular flexibility index (Phi) is 6.51. The highest BCUT2D eigenvalue weighted by molar-refractivity contribution is 6.02. The zero-order valence-electron chi connectivity index (χ0n) is 21.4. The third-order valence-electron chi connectivity index (χ3n) is 7.73. The van der Waals surface area contributed by atoms with Crippen molar-refractivity contribution in [3.63, 3.8) is 0 Å². The number of benzene rings is 1. The number of hydrogen-bond acceptors (Lipinski definition) is 5. The van der Waals surface area contributed by atoms with E-state index in [9.17, 15) is 14.4 Å². The molecule has 0 saturated heterocycles. The van der Waals surface area contributed by atoms with Crippen LogP contribution in [0, 0.1) is 5.41 Å². The Morgan fingerprint density at radius 3 is 2.39 bits per heavy atom. The molecule has 1 saturated carbocycles. The van der Waals surface area contributed by atoms with Gasteiger partial charge >= 0.3 is 0 Å². The van der Waals surface area contributed by atoms with Gasteiger partial charge in [0.15, 0.2) is 0 Å². The topological polar surface area (TPSA) is 131 Å². The molecule has 5 N–H and O–H groups in total. The Labute approximate surface area is 210 Å². The van der Waals surface area contributed by atoms with Gasteiger partial charge in [-0.2, -0.15) is 5.10 Å². The van der Waals surface area contributed by atoms with Crippen molar-refractivity contribution in [2.45, 2.75) is 65.6 Å². The molecular formula is C27H34N6O3. The van der Waals surface area contributed by atoms with Gasteiger partial charge < -0.3 is 21.7 Å². The van der Waals surface area contributed by atoms with Gasteiger partial charge in [-0.1, -0.05) is 38.1 Å². The molecule has 2 atom stereocenters. The SMILES string of the molecule is CC(=O)NCc1ccc(-c2cc3c(N[C@@H]4CC[C@](C)(NC(C)=O)C4(C)C)c(C(N)=O)cnn3c2)cc1. The van der Waals surface area contributed by atoms with Gasteiger partial charge in [-0.05, 0) is 37.0 Å². The second-order valence-electron chi connectivity index (χ2n) is 10.4. The summed E-state index contributed by atoms with van der Waals surface area (Å²) in [5.41, 5.74) is 9.67. The number of anilines is 1. The lowest BCUT2D eigenvalue weighted by Gasteiger charge is -2.42. The minimum Gasteiger partial charge on any atom is -0.379 e. The number of carbonyl (C=O) groups excluding carboxylic acids is 3. The molecule has 1 fully saturated rings. The van der Waals surface area contributed by atoms with Crippen LogP contribution in [0.2, 0.25) is 0 Å². The number of nitrogens with one attached hydrogen (secondary N) is 3. The summed E-state index contributed by atoms with van der Waals surface area (Å²) in [7, 11) is 0. The minimum absolute atomic E-state index is 0.00920. The van der Waals surface area contributed by atoms with Crippen molar-refractivity contribution in [1.29, 1.82) is 0 Å². The second-order valence-corrected chi connectivity index (χ2v) is 10.4. The molecule has 2 heterocycles. The summed E-state index contributed by atoms with van der Waals surface area (Å²) in [6.07, 6.45) is 5.03. The first-order valence-electron chi connectivity index (χ1n) is 12.1. The molecule has 0 radical (unpaired) electrons. The van der Waals surface area contributed by atoms with Crippen molar-refractivity contribution in [3.8, 4) is 11.1 Å². The van der Waals surface area contributed by atoms with Crippen molar-refractivity contribution in [3.05, 3.63) is 53.9 Å². The average molecular weight is 491 g/mol. The van der Waals surface area contributed by atoms with Crippen LogP contribution in [0.15, 0.2) is 42.7 Å². The largest absolute Gasteiger partial charge is 0.379 e. The summed E-state index contributed by atoms with van der Waals surface area (Å²) in [4.78, 5) is 35.4. The highest BCUT2D eigenvalue weighted by Crippen LogP contribution is 2.47. The van der Waals surface area contributed by atoms with Crippen molar-refractivity contribution < 1.29 is 14.4 Å². The molecule has 0 spiro atoms. The van der Waals surface area contributed by atoms with E-state index in [1.807, 2.05) is 36.5 Å². The molecule has 1 aliphatic carbocycles. The van der Waals surface area contributed by atoms with Crippen molar-refractivity contribution in [2.24, 2.45) is 11.1 Å². The molecule has 3 amide bonds. The summed E-state index contributed by atoms with van der Waals surface area (Å²) in [5.74, 6) is -0.690. The summed E-state index contributed by atoms with van der Waals surface area (Å²) < 4.78 is 1.74. The van der Waals surface area contributed by atoms with Gasteiger partial charge in [0.05, 0.1) is 23.0 Å². The van der Waals surface area contributed by atoms with Crippen LogP contribution in [0.3, 0.4) is 0 Å². The fraction of sp³-hybridized carbons (Fsp3) is 0.407. The minimum atomic E-state index is -0.557. The number of carbonyl (C=O) groups is 3. The van der Waals surface area contributed by atoms with Gasteiger partial charge in [-0.3, -0.25) is 14.4 Å². The molecule has 9 nitrogen and oxygen atoms in total. The maximum Gasteiger partial charge on any atom is 0.252 e. The van der Waals surface area contributed by atoms with Gasteiger partial charge in [0.1, 0.15) is 0 Å². The van der Waals surface area contributed by atoms with Crippen LogP contribution in [0.1, 0.15) is 63.4 Å². The molecule has 1 aliphatic rings. The van der Waals surface area contributed by atoms with E-state index in [-0.39, 0.29) is 23.3 Å². The third kappa shape index (κ3) is 4.65. The average Bonchev–Trinajstić information content (AvgIpc) is 3.32. The van der Waals surface area contributed by atoms with Gasteiger partial charge in [0, 0.05) is 49.1 Å². The lowest BCUT2D eigenvalue weighted by atomic mass is 9.74. The molecule has 0 aliphatic heterocycles. The predicted molar refractivity (Wildman–Crippen MR) is 139 cm³/mol. The van der Waals surface area contributed by atoms with E-state index in [0.29, 0.717) is 17.8 Å². The van der Waals surface area contributed by atoms with Crippen LogP contribution in [0.4, 0.5) is 5.69 Å². The molecular weight excluding hydrogens is 456 g/mol. The zero-order valence-corrected chi connectivity index (χ0v) is 21.4. The van der Waals surface area contributed by atoms with E-state index in [2.05, 4.69) is 41.8 Å². The van der Waals surface area contributed by atoms with Crippen molar-refractivity contribution >= 4 is 28.9 Å². The van der Waals surface area contributed by atoms with Gasteiger partial charge in [-0.25, -0.2) is 4.52 Å². The van der Waals surface area contributed by atoms with E-state index >= 15 is 0 Å². The van der Waals surface area contributed by atoms with Crippen LogP contribution < -0.4 is 21.7 Å². The molecule has 36 heavy (non-hydrogen) atoms. The molecule has 3 aromatic rings. The number of hydrogen-bond donors (Lipinski definition) is 4. The molecule has 0 bridgehead atoms. The first-order valence-corrected chi connectivity index (χ1v) is 12.1. The quantitative estimate of drug-likeness (QED) is 0.404. The molecule has 9 heteroatoms. The first-order chi connectivity index (χ1) is 16.9. The lowest BCUT2D eigenvalue weighted by Crippen LogP contribution is -2.55. The number of nitrogens with two attached hydrogens (primary N) is 1. The number of primary amides is 1. The zero-order chi connectivity index (χ0) is 26.3. The van der Waals surface area contributed by atoms with E-state index in [1.54, 1.807) is 4.52 Å². The van der Waals surface area contributed by atoms with Crippen LogP contribution in [-0.2, 0) is 16.1 Å². The van der Waals surface area contributed by atoms with E-state index in [4.69, 9.17) is 5.73 Å². The van der Waals surface area contributed by atoms with Gasteiger partial charge in [0.25, 0.3) is 5.91 Å². The molecule has 1 aromatic carbocycles. The second kappa shape index (κ2) is 9.29. The Bertz CT molecular complexity index is 1330. The summed E-state index contributed by atoms with van der Waals surface area (Å²) >= 11 is 0. The fourth-order valence-corrected chi connectivity index (χ4v) is 5.13. The standard InChI is InChI=1S/C27H34N6O3/c1-16(34)29-13-18-6-8-19(9-7-18)20-12-22-24(21(25(28)36)14-30-33(22)15-20)31-23-10-11-27(5,26(23,3)4)32-17(2)35/h6-9,12,14-15,23,31H,10-11,13H2,1-5H3,(H2,28,36)(H,29,34)(H,32,35)/t23-,27+/m1/s1. The molecule has 0 unspecified atom stereocenters. The van der Waals surface area contributed by atoms with Crippen LogP contribution >= 0.6 is 0 Å². The Balaban J connectivity index is 1.69. The Morgan fingerprint density at radius 1 is 1.08 bits per heavy atom. The normalized spacial score (nSPS) is 20.8. The van der Waals surface area contributed by atoms with Crippen molar-refractivity contribution in [2.75, 3.05) is 5.32 Å². The van der Waals surface area contributed by atoms with Gasteiger partial charge in [0.2, 0.25) is 11.8 Å². The van der Waals surface area contributed by atoms with Crippen LogP contribution in [-0.4, -0.2) is 38.9 Å². The van der Waals surface area contributed by atoms with Crippen LogP contribution in [0.5, 0.6) is 0 Å². The molecule has 190 valence electrons. The number of nitrogens with zero attached hydrogens (tertiary/aromatic N) is 2. The van der Waals surface area contributed by atoms with Gasteiger partial charge in [-0.15, -0.1) is 0 Å². The lowest BCUT2D eigenvalue weighted by molar-refractivity contribution is -0.122. The van der Waals surface area contributed by atoms with Crippen molar-refractivity contribution in [1.82, 2.24) is 20.2 Å². The number of rotatable bonds is 7. The maximum absolute atomic E-state index is 12.3. The van der Waals surface area contributed by atoms with E-state index in [0.717, 1.165) is 35.0 Å². The maximum atomic E-state index is 12.3. The summed E-state index contributed by atoms with van der Waals surface area (Å²) in [6, 6.07) is 9.90. The fourth-order valence-electron chi connectivity index (χ4n) is 5.13. The van der Waals surface area contributed by atoms with E-state index < -0.39 is 11.4 Å². The molecule has 4 rings (SSSR count). The number of amides is 3. The predicted octanol–water partition coefficient (Wildman–Crippen LogP) is 3.23. The first kappa shape index (κ1) is 25.2. The summed E-state index contributed by atoms with van der Waals surface area (Å²) in [6.45, 7) is 9.82. The van der Waals surface area contributed by atoms with Crippen LogP contribution in [0.25, 0.3) is 16.6 Å². The summed E-state index contributed by atoms with van der Waals surface area (Å²) in [5, 5.41) is 14.0. The smallest absolute Gasteiger partial charge is 0.252 e. The highest BCUT2D eigenvalue weighted by Gasteiger charge is 2.52. The Hall–Kier alpha value is -3.88. The van der Waals surface area contributed by atoms with E-state index in [1.165, 1.54) is 20.0 Å². The monoisotopic (exact) mass is 490 g/mol. The Morgan fingerprint density at radius 2 is 1.78 bits per heavy atom. The number of fused-ring (bicyclic) bond motifs is 1. The highest BCUT2D eigenvalue weighted by atomic mass is 16.2. The third-order valence-corrected chi connectivity index (χ3v) is 7.73. The number of aromatic nitrogens is 2.